The van der Waals surface area contributed by atoms with E-state index >= 15 is 0 Å². The summed E-state index contributed by atoms with van der Waals surface area (Å²) in [5.74, 6) is -0.218. The molecule has 0 atom stereocenters. The maximum Gasteiger partial charge on any atom is 0.123 e. The number of fused-ring (bicyclic) bond motifs is 1. The van der Waals surface area contributed by atoms with Gasteiger partial charge in [0.25, 0.3) is 0 Å². The molecule has 1 aliphatic heterocycles. The Bertz CT molecular complexity index is 1120. The lowest BCUT2D eigenvalue weighted by Gasteiger charge is -2.35. The summed E-state index contributed by atoms with van der Waals surface area (Å²) in [5.41, 5.74) is 5.54. The summed E-state index contributed by atoms with van der Waals surface area (Å²) in [4.78, 5) is 4.86. The topological polar surface area (TPSA) is 41.6 Å². The van der Waals surface area contributed by atoms with Crippen molar-refractivity contribution in [1.29, 1.82) is 0 Å². The maximum atomic E-state index is 13.3. The SMILES string of the molecule is Cn1cc(CN2CCN(c3cnn4ccc(-c5ccc(F)cc5)cc34)CC2)cn1. The number of aryl methyl sites for hydroxylation is 1. The molecular formula is C22H23FN6. The van der Waals surface area contributed by atoms with Gasteiger partial charge in [0.15, 0.2) is 0 Å². The lowest BCUT2D eigenvalue weighted by Crippen LogP contribution is -2.45. The van der Waals surface area contributed by atoms with Gasteiger partial charge in [-0.05, 0) is 35.4 Å². The van der Waals surface area contributed by atoms with Gasteiger partial charge < -0.3 is 4.90 Å². The average Bonchev–Trinajstić information content (AvgIpc) is 3.35. The van der Waals surface area contributed by atoms with Crippen LogP contribution in [0.4, 0.5) is 10.1 Å². The van der Waals surface area contributed by atoms with Gasteiger partial charge in [0.2, 0.25) is 0 Å². The van der Waals surface area contributed by atoms with Crippen molar-refractivity contribution in [3.05, 3.63) is 72.6 Å². The number of halogens is 1. The van der Waals surface area contributed by atoms with Crippen LogP contribution in [0.3, 0.4) is 0 Å². The minimum Gasteiger partial charge on any atom is -0.366 e. The third kappa shape index (κ3) is 3.61. The molecule has 0 bridgehead atoms. The predicted molar refractivity (Wildman–Crippen MR) is 111 cm³/mol. The van der Waals surface area contributed by atoms with E-state index in [2.05, 4.69) is 32.3 Å². The second-order valence-corrected chi connectivity index (χ2v) is 7.57. The molecule has 0 spiro atoms. The lowest BCUT2D eigenvalue weighted by atomic mass is 10.1. The molecule has 0 radical (unpaired) electrons. The van der Waals surface area contributed by atoms with E-state index < -0.39 is 0 Å². The minimum absolute atomic E-state index is 0.218. The van der Waals surface area contributed by atoms with Crippen molar-refractivity contribution in [2.24, 2.45) is 7.05 Å². The zero-order chi connectivity index (χ0) is 19.8. The van der Waals surface area contributed by atoms with Crippen LogP contribution in [-0.2, 0) is 13.6 Å². The summed E-state index contributed by atoms with van der Waals surface area (Å²) in [6, 6.07) is 10.8. The van der Waals surface area contributed by atoms with Gasteiger partial charge >= 0.3 is 0 Å². The van der Waals surface area contributed by atoms with E-state index in [0.29, 0.717) is 0 Å². The monoisotopic (exact) mass is 390 g/mol. The maximum absolute atomic E-state index is 13.3. The molecule has 6 nitrogen and oxygen atoms in total. The van der Waals surface area contributed by atoms with Gasteiger partial charge in [-0.25, -0.2) is 8.91 Å². The Morgan fingerprint density at radius 2 is 1.72 bits per heavy atom. The van der Waals surface area contributed by atoms with Gasteiger partial charge in [0.1, 0.15) is 5.82 Å². The molecule has 1 aromatic carbocycles. The van der Waals surface area contributed by atoms with Crippen LogP contribution in [0.1, 0.15) is 5.56 Å². The van der Waals surface area contributed by atoms with E-state index in [9.17, 15) is 4.39 Å². The summed E-state index contributed by atoms with van der Waals surface area (Å²) in [5, 5.41) is 8.78. The smallest absolute Gasteiger partial charge is 0.123 e. The van der Waals surface area contributed by atoms with E-state index in [-0.39, 0.29) is 5.82 Å². The number of aromatic nitrogens is 4. The molecule has 1 fully saturated rings. The molecule has 0 N–H and O–H groups in total. The van der Waals surface area contributed by atoms with E-state index in [0.717, 1.165) is 55.1 Å². The zero-order valence-corrected chi connectivity index (χ0v) is 16.4. The van der Waals surface area contributed by atoms with Crippen molar-refractivity contribution in [3.8, 4) is 11.1 Å². The molecule has 0 unspecified atom stereocenters. The van der Waals surface area contributed by atoms with Crippen LogP contribution >= 0.6 is 0 Å². The highest BCUT2D eigenvalue weighted by Gasteiger charge is 2.20. The number of pyridine rings is 1. The molecule has 0 aliphatic carbocycles. The number of piperazine rings is 1. The molecule has 1 saturated heterocycles. The summed E-state index contributed by atoms with van der Waals surface area (Å²) < 4.78 is 17.0. The minimum atomic E-state index is -0.218. The second-order valence-electron chi connectivity index (χ2n) is 7.57. The van der Waals surface area contributed by atoms with E-state index in [4.69, 9.17) is 0 Å². The van der Waals surface area contributed by atoms with Gasteiger partial charge in [-0.3, -0.25) is 9.58 Å². The van der Waals surface area contributed by atoms with Crippen molar-refractivity contribution < 1.29 is 4.39 Å². The Morgan fingerprint density at radius 1 is 0.931 bits per heavy atom. The molecule has 4 aromatic rings. The number of benzene rings is 1. The molecule has 29 heavy (non-hydrogen) atoms. The van der Waals surface area contributed by atoms with Crippen LogP contribution in [-0.4, -0.2) is 50.5 Å². The van der Waals surface area contributed by atoms with Crippen LogP contribution in [0.5, 0.6) is 0 Å². The standard InChI is InChI=1S/C22H23FN6/c1-26-15-17(13-24-26)16-27-8-10-28(11-9-27)22-14-25-29-7-6-19(12-21(22)29)18-2-4-20(23)5-3-18/h2-7,12-15H,8-11,16H2,1H3. The fourth-order valence-electron chi connectivity index (χ4n) is 3.99. The third-order valence-electron chi connectivity index (χ3n) is 5.56. The molecular weight excluding hydrogens is 367 g/mol. The first-order valence-electron chi connectivity index (χ1n) is 9.84. The molecule has 3 aromatic heterocycles. The Labute approximate surface area is 168 Å². The van der Waals surface area contributed by atoms with Crippen molar-refractivity contribution in [1.82, 2.24) is 24.3 Å². The van der Waals surface area contributed by atoms with Crippen molar-refractivity contribution in [3.63, 3.8) is 0 Å². The lowest BCUT2D eigenvalue weighted by molar-refractivity contribution is 0.250. The van der Waals surface area contributed by atoms with Gasteiger partial charge in [-0.2, -0.15) is 10.2 Å². The zero-order valence-electron chi connectivity index (χ0n) is 16.4. The van der Waals surface area contributed by atoms with E-state index in [1.54, 1.807) is 0 Å². The fraction of sp³-hybridized carbons (Fsp3) is 0.273. The third-order valence-corrected chi connectivity index (χ3v) is 5.56. The number of anilines is 1. The molecule has 0 saturated carbocycles. The summed E-state index contributed by atoms with van der Waals surface area (Å²) in [6.45, 7) is 4.86. The van der Waals surface area contributed by atoms with Gasteiger partial charge in [-0.1, -0.05) is 12.1 Å². The van der Waals surface area contributed by atoms with E-state index in [1.807, 2.05) is 53.0 Å². The largest absolute Gasteiger partial charge is 0.366 e. The Hall–Kier alpha value is -3.19. The van der Waals surface area contributed by atoms with Crippen molar-refractivity contribution in [2.45, 2.75) is 6.54 Å². The molecule has 7 heteroatoms. The highest BCUT2D eigenvalue weighted by Crippen LogP contribution is 2.28. The number of rotatable bonds is 4. The highest BCUT2D eigenvalue weighted by molar-refractivity contribution is 5.78. The quantitative estimate of drug-likeness (QED) is 0.537. The predicted octanol–water partition coefficient (Wildman–Crippen LogP) is 3.20. The van der Waals surface area contributed by atoms with Crippen molar-refractivity contribution >= 4 is 11.2 Å². The first-order valence-corrected chi connectivity index (χ1v) is 9.84. The Kier molecular flexibility index (Phi) is 4.52. The highest BCUT2D eigenvalue weighted by atomic mass is 19.1. The number of nitrogens with zero attached hydrogens (tertiary/aromatic N) is 6. The Morgan fingerprint density at radius 3 is 2.45 bits per heavy atom. The summed E-state index contributed by atoms with van der Waals surface area (Å²) >= 11 is 0. The molecule has 0 amide bonds. The van der Waals surface area contributed by atoms with E-state index in [1.165, 1.54) is 17.7 Å². The van der Waals surface area contributed by atoms with Crippen LogP contribution in [0.2, 0.25) is 0 Å². The normalized spacial score (nSPS) is 15.3. The summed E-state index contributed by atoms with van der Waals surface area (Å²) in [7, 11) is 1.95. The second kappa shape index (κ2) is 7.33. The van der Waals surface area contributed by atoms with Gasteiger partial charge in [0, 0.05) is 57.7 Å². The fourth-order valence-corrected chi connectivity index (χ4v) is 3.99. The number of hydrogen-bond acceptors (Lipinski definition) is 4. The van der Waals surface area contributed by atoms with Crippen molar-refractivity contribution in [2.75, 3.05) is 31.1 Å². The Balaban J connectivity index is 1.34. The first-order chi connectivity index (χ1) is 14.2. The van der Waals surface area contributed by atoms with Crippen LogP contribution < -0.4 is 4.90 Å². The van der Waals surface area contributed by atoms with Crippen LogP contribution in [0, 0.1) is 5.82 Å². The molecule has 5 rings (SSSR count). The van der Waals surface area contributed by atoms with Gasteiger partial charge in [-0.15, -0.1) is 0 Å². The summed E-state index contributed by atoms with van der Waals surface area (Å²) in [6.07, 6.45) is 7.93. The van der Waals surface area contributed by atoms with Gasteiger partial charge in [0.05, 0.1) is 23.6 Å². The van der Waals surface area contributed by atoms with Crippen LogP contribution in [0.25, 0.3) is 16.6 Å². The average molecular weight is 390 g/mol. The molecule has 4 heterocycles. The molecule has 148 valence electrons. The van der Waals surface area contributed by atoms with Crippen LogP contribution in [0.15, 0.2) is 61.2 Å². The molecule has 1 aliphatic rings. The number of hydrogen-bond donors (Lipinski definition) is 0. The first kappa shape index (κ1) is 17.9.